The molecule has 0 spiro atoms. The molecule has 0 amide bonds. The van der Waals surface area contributed by atoms with Crippen LogP contribution in [0.5, 0.6) is 0 Å². The third-order valence-electron chi connectivity index (χ3n) is 4.22. The number of methoxy groups -OCH3 is 2. The molecule has 21 heavy (non-hydrogen) atoms. The molecule has 7 nitrogen and oxygen atoms in total. The van der Waals surface area contributed by atoms with E-state index < -0.39 is 30.1 Å². The van der Waals surface area contributed by atoms with Crippen LogP contribution in [-0.4, -0.2) is 60.9 Å². The fourth-order valence-electron chi connectivity index (χ4n) is 3.38. The van der Waals surface area contributed by atoms with Crippen LogP contribution in [0.25, 0.3) is 0 Å². The largest absolute Gasteiger partial charge is 0.354 e. The molecule has 0 bridgehead atoms. The van der Waals surface area contributed by atoms with Crippen molar-refractivity contribution in [3.63, 3.8) is 0 Å². The molecule has 0 aliphatic carbocycles. The van der Waals surface area contributed by atoms with Gasteiger partial charge in [0.2, 0.25) is 0 Å². The van der Waals surface area contributed by atoms with Gasteiger partial charge in [-0.15, -0.1) is 0 Å². The average Bonchev–Trinajstić information content (AvgIpc) is 2.86. The van der Waals surface area contributed by atoms with Gasteiger partial charge in [-0.25, -0.2) is 0 Å². The predicted octanol–water partition coefficient (Wildman–Crippen LogP) is 1.12. The molecular formula is C14H24N2O5. The maximum atomic E-state index is 10.5. The van der Waals surface area contributed by atoms with Gasteiger partial charge in [0.15, 0.2) is 12.1 Å². The summed E-state index contributed by atoms with van der Waals surface area (Å²) < 4.78 is 22.2. The monoisotopic (exact) mass is 300 g/mol. The molecule has 2 aliphatic rings. The molecule has 2 unspecified atom stereocenters. The fraction of sp³-hybridized carbons (Fsp3) is 0.929. The quantitative estimate of drug-likeness (QED) is 0.761. The van der Waals surface area contributed by atoms with Gasteiger partial charge in [-0.05, 0) is 20.3 Å². The van der Waals surface area contributed by atoms with E-state index >= 15 is 0 Å². The van der Waals surface area contributed by atoms with Gasteiger partial charge in [0.05, 0.1) is 18.2 Å². The molecule has 0 aromatic heterocycles. The third kappa shape index (κ3) is 2.80. The number of nitrogens with zero attached hydrogens (tertiary/aromatic N) is 2. The lowest BCUT2D eigenvalue weighted by atomic mass is 9.95. The van der Waals surface area contributed by atoms with Crippen LogP contribution >= 0.6 is 0 Å². The Morgan fingerprint density at radius 2 is 1.86 bits per heavy atom. The second-order valence-corrected chi connectivity index (χ2v) is 5.91. The summed E-state index contributed by atoms with van der Waals surface area (Å²) in [5, 5.41) is 21.2. The van der Waals surface area contributed by atoms with Crippen LogP contribution in [0.15, 0.2) is 0 Å². The summed E-state index contributed by atoms with van der Waals surface area (Å²) >= 11 is 0. The first kappa shape index (κ1) is 16.6. The summed E-state index contributed by atoms with van der Waals surface area (Å²) in [4.78, 5) is 0. The number of hydrogen-bond donors (Lipinski definition) is 1. The summed E-state index contributed by atoms with van der Waals surface area (Å²) in [6, 6.07) is 1.40. The van der Waals surface area contributed by atoms with Crippen LogP contribution in [0.1, 0.15) is 27.2 Å². The number of rotatable bonds is 5. The lowest BCUT2D eigenvalue weighted by molar-refractivity contribution is -0.236. The Hall–Kier alpha value is -0.750. The van der Waals surface area contributed by atoms with Crippen molar-refractivity contribution < 1.29 is 24.2 Å². The van der Waals surface area contributed by atoms with Gasteiger partial charge in [0.25, 0.3) is 0 Å². The first-order valence-electron chi connectivity index (χ1n) is 7.18. The molecule has 0 radical (unpaired) electrons. The van der Waals surface area contributed by atoms with E-state index in [1.807, 2.05) is 20.8 Å². The Kier molecular flexibility index (Phi) is 4.88. The highest BCUT2D eigenvalue weighted by molar-refractivity contribution is 5.09. The van der Waals surface area contributed by atoms with Crippen LogP contribution < -0.4 is 0 Å². The van der Waals surface area contributed by atoms with Gasteiger partial charge in [-0.2, -0.15) is 10.3 Å². The van der Waals surface area contributed by atoms with Gasteiger partial charge in [0, 0.05) is 14.2 Å². The zero-order valence-corrected chi connectivity index (χ0v) is 13.1. The Bertz CT molecular complexity index is 407. The number of nitriles is 1. The summed E-state index contributed by atoms with van der Waals surface area (Å²) in [5.74, 6) is -1.41. The van der Waals surface area contributed by atoms with Crippen molar-refractivity contribution in [3.8, 4) is 6.07 Å². The maximum Gasteiger partial charge on any atom is 0.174 e. The molecule has 1 N–H and O–H groups in total. The van der Waals surface area contributed by atoms with Crippen molar-refractivity contribution in [1.29, 1.82) is 5.26 Å². The van der Waals surface area contributed by atoms with Crippen LogP contribution in [0.2, 0.25) is 0 Å². The van der Waals surface area contributed by atoms with E-state index in [1.165, 1.54) is 19.3 Å². The SMILES string of the molecule is CC[C@@H]1[C@H]2OC(C)(C)O[C@H]2C(C(C#N)C(OC)OC)N1O. The molecule has 0 saturated carbocycles. The topological polar surface area (TPSA) is 84.2 Å². The van der Waals surface area contributed by atoms with E-state index in [9.17, 15) is 10.5 Å². The van der Waals surface area contributed by atoms with E-state index in [-0.39, 0.29) is 12.1 Å². The highest BCUT2D eigenvalue weighted by Crippen LogP contribution is 2.43. The van der Waals surface area contributed by atoms with E-state index in [4.69, 9.17) is 18.9 Å². The van der Waals surface area contributed by atoms with Crippen molar-refractivity contribution in [2.24, 2.45) is 5.92 Å². The molecule has 2 aliphatic heterocycles. The van der Waals surface area contributed by atoms with Gasteiger partial charge in [-0.1, -0.05) is 6.92 Å². The summed E-state index contributed by atoms with van der Waals surface area (Å²) in [6.45, 7) is 5.64. The van der Waals surface area contributed by atoms with Crippen molar-refractivity contribution in [2.75, 3.05) is 14.2 Å². The molecule has 0 aromatic rings. The van der Waals surface area contributed by atoms with E-state index in [0.29, 0.717) is 6.42 Å². The third-order valence-corrected chi connectivity index (χ3v) is 4.22. The molecule has 5 atom stereocenters. The Morgan fingerprint density at radius 1 is 1.29 bits per heavy atom. The smallest absolute Gasteiger partial charge is 0.174 e. The Morgan fingerprint density at radius 3 is 2.33 bits per heavy atom. The highest BCUT2D eigenvalue weighted by Gasteiger charge is 2.60. The van der Waals surface area contributed by atoms with Gasteiger partial charge < -0.3 is 24.2 Å². The van der Waals surface area contributed by atoms with E-state index in [0.717, 1.165) is 0 Å². The molecule has 7 heteroatoms. The predicted molar refractivity (Wildman–Crippen MR) is 72.2 cm³/mol. The zero-order chi connectivity index (χ0) is 15.8. The van der Waals surface area contributed by atoms with Crippen molar-refractivity contribution >= 4 is 0 Å². The molecular weight excluding hydrogens is 276 g/mol. The summed E-state index contributed by atoms with van der Waals surface area (Å²) in [7, 11) is 2.94. The van der Waals surface area contributed by atoms with Crippen molar-refractivity contribution in [1.82, 2.24) is 5.06 Å². The second kappa shape index (κ2) is 6.16. The number of hydrogen-bond acceptors (Lipinski definition) is 7. The van der Waals surface area contributed by atoms with Crippen LogP contribution in [0, 0.1) is 17.2 Å². The molecule has 0 aromatic carbocycles. The first-order chi connectivity index (χ1) is 9.90. The highest BCUT2D eigenvalue weighted by atomic mass is 16.8. The Labute approximate surface area is 125 Å². The lowest BCUT2D eigenvalue weighted by Crippen LogP contribution is -2.48. The van der Waals surface area contributed by atoms with Gasteiger partial charge >= 0.3 is 0 Å². The normalized spacial score (nSPS) is 36.7. The second-order valence-electron chi connectivity index (χ2n) is 5.91. The van der Waals surface area contributed by atoms with E-state index in [1.54, 1.807) is 0 Å². The average molecular weight is 300 g/mol. The molecule has 120 valence electrons. The number of fused-ring (bicyclic) bond motifs is 1. The molecule has 2 heterocycles. The Balaban J connectivity index is 2.31. The van der Waals surface area contributed by atoms with Gasteiger partial charge in [0.1, 0.15) is 18.1 Å². The van der Waals surface area contributed by atoms with Crippen LogP contribution in [0.4, 0.5) is 0 Å². The number of hydroxylamine groups is 2. The maximum absolute atomic E-state index is 10.5. The van der Waals surface area contributed by atoms with Crippen molar-refractivity contribution in [3.05, 3.63) is 0 Å². The molecule has 2 saturated heterocycles. The summed E-state index contributed by atoms with van der Waals surface area (Å²) in [6.07, 6.45) is -0.716. The summed E-state index contributed by atoms with van der Waals surface area (Å²) in [5.41, 5.74) is 0. The number of ether oxygens (including phenoxy) is 4. The van der Waals surface area contributed by atoms with Crippen LogP contribution in [-0.2, 0) is 18.9 Å². The minimum absolute atomic E-state index is 0.216. The molecule has 2 fully saturated rings. The lowest BCUT2D eigenvalue weighted by Gasteiger charge is -2.33. The standard InChI is InChI=1S/C14H24N2O5/c1-6-9-11-12(21-14(2,3)20-11)10(16(9)17)8(7-15)13(18-4)19-5/h8-13,17H,6H2,1-5H3/t8?,9-,10?,11-,12+/m1/s1. The van der Waals surface area contributed by atoms with Crippen LogP contribution in [0.3, 0.4) is 0 Å². The van der Waals surface area contributed by atoms with E-state index in [2.05, 4.69) is 6.07 Å². The minimum Gasteiger partial charge on any atom is -0.354 e. The fourth-order valence-corrected chi connectivity index (χ4v) is 3.38. The van der Waals surface area contributed by atoms with Crippen molar-refractivity contribution in [2.45, 2.75) is 63.6 Å². The zero-order valence-electron chi connectivity index (χ0n) is 13.1. The first-order valence-corrected chi connectivity index (χ1v) is 7.18. The minimum atomic E-state index is -0.738. The molecule has 2 rings (SSSR count). The van der Waals surface area contributed by atoms with Gasteiger partial charge in [-0.3, -0.25) is 0 Å².